The van der Waals surface area contributed by atoms with Gasteiger partial charge in [-0.25, -0.2) is 10.2 Å². The zero-order chi connectivity index (χ0) is 30.4. The Balaban J connectivity index is 1.66. The number of ether oxygens (including phenoxy) is 2. The monoisotopic (exact) mass is 578 g/mol. The average molecular weight is 579 g/mol. The molecule has 3 aromatic rings. The Morgan fingerprint density at radius 3 is 2.10 bits per heavy atom. The fourth-order valence-corrected chi connectivity index (χ4v) is 4.30. The molecule has 3 aromatic carbocycles. The van der Waals surface area contributed by atoms with Crippen molar-refractivity contribution >= 4 is 29.7 Å². The third kappa shape index (κ3) is 8.82. The van der Waals surface area contributed by atoms with Gasteiger partial charge in [0.1, 0.15) is 5.75 Å². The lowest BCUT2D eigenvalue weighted by molar-refractivity contribution is -0.121. The number of esters is 1. The van der Waals surface area contributed by atoms with E-state index in [-0.39, 0.29) is 28.9 Å². The maximum absolute atomic E-state index is 12.6. The number of rotatable bonds is 9. The minimum atomic E-state index is -0.533. The van der Waals surface area contributed by atoms with Gasteiger partial charge in [-0.2, -0.15) is 5.10 Å². The molecule has 0 aliphatic rings. The van der Waals surface area contributed by atoms with E-state index in [2.05, 4.69) is 52.1 Å². The number of nitrogens with zero attached hydrogens (tertiary/aromatic N) is 1. The molecule has 0 saturated carbocycles. The number of hydrogen-bond acceptors (Lipinski definition) is 6. The van der Waals surface area contributed by atoms with Crippen LogP contribution in [0.25, 0.3) is 0 Å². The number of benzene rings is 3. The van der Waals surface area contributed by atoms with Gasteiger partial charge in [-0.05, 0) is 88.9 Å². The predicted molar refractivity (Wildman–Crippen MR) is 164 cm³/mol. The number of carbonyl (C=O) groups excluding carboxylic acids is 2. The molecule has 7 nitrogen and oxygen atoms in total. The van der Waals surface area contributed by atoms with Crippen molar-refractivity contribution in [3.8, 4) is 17.2 Å². The smallest absolute Gasteiger partial charge is 0.343 e. The highest BCUT2D eigenvalue weighted by atomic mass is 35.5. The van der Waals surface area contributed by atoms with Gasteiger partial charge in [-0.15, -0.1) is 0 Å². The van der Waals surface area contributed by atoms with Gasteiger partial charge in [0, 0.05) is 11.4 Å². The first-order valence-electron chi connectivity index (χ1n) is 13.6. The van der Waals surface area contributed by atoms with Gasteiger partial charge in [-0.3, -0.25) is 4.79 Å². The molecule has 0 radical (unpaired) electrons. The summed E-state index contributed by atoms with van der Waals surface area (Å²) < 4.78 is 11.2. The fourth-order valence-electron chi connectivity index (χ4n) is 4.18. The summed E-state index contributed by atoms with van der Waals surface area (Å²) in [7, 11) is 0. The van der Waals surface area contributed by atoms with E-state index in [1.165, 1.54) is 6.21 Å². The molecule has 1 amide bonds. The number of phenolic OH excluding ortho intramolecular Hbond substituents is 1. The Morgan fingerprint density at radius 2 is 1.54 bits per heavy atom. The topological polar surface area (TPSA) is 97.2 Å². The van der Waals surface area contributed by atoms with Crippen LogP contribution in [0, 0.1) is 0 Å². The SMILES string of the molecule is CCOc1cc(/C=N\NC(=O)CCc2cc(C(C)(C)C)c(O)c(C(C)(C)C)c2)ccc1OC(=O)c1ccc(Cl)cc1. The Morgan fingerprint density at radius 1 is 0.927 bits per heavy atom. The molecule has 0 spiro atoms. The summed E-state index contributed by atoms with van der Waals surface area (Å²) in [4.78, 5) is 25.1. The van der Waals surface area contributed by atoms with Crippen LogP contribution in [0.4, 0.5) is 0 Å². The Bertz CT molecular complexity index is 1380. The second-order valence-corrected chi connectivity index (χ2v) is 12.3. The molecular formula is C33H39ClN2O5. The molecule has 0 atom stereocenters. The van der Waals surface area contributed by atoms with Gasteiger partial charge in [0.15, 0.2) is 11.5 Å². The number of aromatic hydroxyl groups is 1. The summed E-state index contributed by atoms with van der Waals surface area (Å²) in [6, 6.07) is 15.4. The minimum Gasteiger partial charge on any atom is -0.507 e. The van der Waals surface area contributed by atoms with Crippen LogP contribution in [0.3, 0.4) is 0 Å². The Hall–Kier alpha value is -3.84. The summed E-state index contributed by atoms with van der Waals surface area (Å²) in [6.07, 6.45) is 2.25. The largest absolute Gasteiger partial charge is 0.507 e. The highest BCUT2D eigenvalue weighted by molar-refractivity contribution is 6.30. The summed E-state index contributed by atoms with van der Waals surface area (Å²) in [6.45, 7) is 14.6. The lowest BCUT2D eigenvalue weighted by Crippen LogP contribution is -2.20. The Labute approximate surface area is 247 Å². The first-order valence-corrected chi connectivity index (χ1v) is 14.0. The lowest BCUT2D eigenvalue weighted by Gasteiger charge is -2.28. The van der Waals surface area contributed by atoms with E-state index in [1.807, 2.05) is 19.1 Å². The van der Waals surface area contributed by atoms with Crippen LogP contribution in [0.15, 0.2) is 59.7 Å². The van der Waals surface area contributed by atoms with E-state index in [0.717, 1.165) is 16.7 Å². The van der Waals surface area contributed by atoms with Crippen LogP contribution in [-0.4, -0.2) is 29.8 Å². The highest BCUT2D eigenvalue weighted by Crippen LogP contribution is 2.40. The number of aryl methyl sites for hydroxylation is 1. The fraction of sp³-hybridized carbons (Fsp3) is 0.364. The molecule has 3 rings (SSSR count). The van der Waals surface area contributed by atoms with E-state index >= 15 is 0 Å². The maximum atomic E-state index is 12.6. The lowest BCUT2D eigenvalue weighted by atomic mass is 9.78. The normalized spacial score (nSPS) is 11.9. The summed E-state index contributed by atoms with van der Waals surface area (Å²) in [5.74, 6) is 0.199. The molecule has 0 aliphatic carbocycles. The zero-order valence-electron chi connectivity index (χ0n) is 24.8. The number of nitrogens with one attached hydrogen (secondary N) is 1. The standard InChI is InChI=1S/C33H39ClN2O5/c1-8-40-28-19-22(9-15-27(28)41-31(39)23-11-13-24(34)14-12-23)20-35-36-29(37)16-10-21-17-25(32(2,3)4)30(38)26(18-21)33(5,6)7/h9,11-15,17-20,38H,8,10,16H2,1-7H3,(H,36,37)/b35-20-. The summed E-state index contributed by atoms with van der Waals surface area (Å²) in [5.41, 5.74) is 5.83. The van der Waals surface area contributed by atoms with Gasteiger partial charge in [0.05, 0.1) is 18.4 Å². The molecule has 0 saturated heterocycles. The van der Waals surface area contributed by atoms with Crippen LogP contribution in [-0.2, 0) is 22.0 Å². The van der Waals surface area contributed by atoms with Crippen LogP contribution in [0.2, 0.25) is 5.02 Å². The minimum absolute atomic E-state index is 0.234. The number of halogens is 1. The van der Waals surface area contributed by atoms with E-state index in [0.29, 0.717) is 40.7 Å². The molecule has 218 valence electrons. The third-order valence-corrected chi connectivity index (χ3v) is 6.63. The van der Waals surface area contributed by atoms with Crippen molar-refractivity contribution in [3.05, 3.63) is 87.4 Å². The first kappa shape index (κ1) is 31.7. The molecule has 0 unspecified atom stereocenters. The molecule has 0 aliphatic heterocycles. The molecule has 2 N–H and O–H groups in total. The molecule has 0 fully saturated rings. The van der Waals surface area contributed by atoms with Crippen molar-refractivity contribution in [1.29, 1.82) is 0 Å². The second-order valence-electron chi connectivity index (χ2n) is 11.9. The first-order chi connectivity index (χ1) is 19.2. The van der Waals surface area contributed by atoms with Crippen molar-refractivity contribution in [2.45, 2.75) is 72.1 Å². The van der Waals surface area contributed by atoms with Crippen LogP contribution in [0.5, 0.6) is 17.2 Å². The van der Waals surface area contributed by atoms with Gasteiger partial charge in [0.25, 0.3) is 0 Å². The van der Waals surface area contributed by atoms with Gasteiger partial charge >= 0.3 is 5.97 Å². The highest BCUT2D eigenvalue weighted by Gasteiger charge is 2.26. The molecule has 0 bridgehead atoms. The van der Waals surface area contributed by atoms with Crippen molar-refractivity contribution in [3.63, 3.8) is 0 Å². The number of carbonyl (C=O) groups is 2. The van der Waals surface area contributed by atoms with E-state index < -0.39 is 5.97 Å². The average Bonchev–Trinajstić information content (AvgIpc) is 2.88. The second kappa shape index (κ2) is 13.2. The van der Waals surface area contributed by atoms with E-state index in [1.54, 1.807) is 42.5 Å². The summed E-state index contributed by atoms with van der Waals surface area (Å²) in [5, 5.41) is 15.5. The van der Waals surface area contributed by atoms with Crippen molar-refractivity contribution < 1.29 is 24.2 Å². The van der Waals surface area contributed by atoms with Gasteiger partial charge in [0.2, 0.25) is 5.91 Å². The molecule has 41 heavy (non-hydrogen) atoms. The van der Waals surface area contributed by atoms with Gasteiger partial charge < -0.3 is 14.6 Å². The predicted octanol–water partition coefficient (Wildman–Crippen LogP) is 7.34. The molecule has 8 heteroatoms. The number of phenols is 1. The number of hydrogen-bond donors (Lipinski definition) is 2. The van der Waals surface area contributed by atoms with E-state index in [4.69, 9.17) is 21.1 Å². The maximum Gasteiger partial charge on any atom is 0.343 e. The van der Waals surface area contributed by atoms with Crippen molar-refractivity contribution in [2.75, 3.05) is 6.61 Å². The number of amides is 1. The molecular weight excluding hydrogens is 540 g/mol. The quantitative estimate of drug-likeness (QED) is 0.120. The van der Waals surface area contributed by atoms with E-state index in [9.17, 15) is 14.7 Å². The van der Waals surface area contributed by atoms with Crippen molar-refractivity contribution in [1.82, 2.24) is 5.43 Å². The Kier molecular flexibility index (Phi) is 10.2. The summed E-state index contributed by atoms with van der Waals surface area (Å²) >= 11 is 5.89. The van der Waals surface area contributed by atoms with Crippen LogP contribution in [0.1, 0.15) is 87.5 Å². The van der Waals surface area contributed by atoms with Crippen LogP contribution >= 0.6 is 11.6 Å². The van der Waals surface area contributed by atoms with Crippen molar-refractivity contribution in [2.24, 2.45) is 5.10 Å². The molecule has 0 aromatic heterocycles. The van der Waals surface area contributed by atoms with Crippen LogP contribution < -0.4 is 14.9 Å². The van der Waals surface area contributed by atoms with Gasteiger partial charge in [-0.1, -0.05) is 65.3 Å². The third-order valence-electron chi connectivity index (χ3n) is 6.38. The zero-order valence-corrected chi connectivity index (χ0v) is 25.6. The number of hydrazone groups is 1. The molecule has 0 heterocycles.